The van der Waals surface area contributed by atoms with Crippen LogP contribution in [0.1, 0.15) is 40.0 Å². The van der Waals surface area contributed by atoms with Crippen LogP contribution in [-0.4, -0.2) is 41.8 Å². The van der Waals surface area contributed by atoms with Crippen LogP contribution < -0.4 is 46.1 Å². The third-order valence-electron chi connectivity index (χ3n) is 3.33. The van der Waals surface area contributed by atoms with Crippen LogP contribution in [0.4, 0.5) is 0 Å². The van der Waals surface area contributed by atoms with E-state index < -0.39 is 32.8 Å². The number of aliphatic imine (C=N–C) groups is 1. The molecule has 0 bridgehead atoms. The molecule has 1 heterocycles. The molecule has 124 valence electrons. The van der Waals surface area contributed by atoms with Crippen LogP contribution in [0.25, 0.3) is 0 Å². The summed E-state index contributed by atoms with van der Waals surface area (Å²) in [7, 11) is -3.14. The van der Waals surface area contributed by atoms with Crippen LogP contribution in [0, 0.1) is 11.3 Å². The van der Waals surface area contributed by atoms with Crippen LogP contribution >= 0.6 is 0 Å². The van der Waals surface area contributed by atoms with Crippen molar-refractivity contribution in [3.05, 3.63) is 0 Å². The molecule has 0 saturated heterocycles. The van der Waals surface area contributed by atoms with Gasteiger partial charge in [-0.15, -0.1) is 0 Å². The van der Waals surface area contributed by atoms with Gasteiger partial charge >= 0.3 is 39.1 Å². The van der Waals surface area contributed by atoms with Crippen molar-refractivity contribution >= 4 is 27.4 Å². The summed E-state index contributed by atoms with van der Waals surface area (Å²) in [4.78, 5) is 49.0. The maximum absolute atomic E-state index is 11.9. The number of rotatable bonds is 4. The molecule has 11 heteroatoms. The second-order valence-corrected chi connectivity index (χ2v) is 5.23. The standard InChI is InChI=1S/C11H18N2O3.H3N.Na.H4O3Si/c1-4-6-7(3)11(5-2)8(14)12-10(16)13-9(11)15;;;1-4(2)3/h7H,4-6H2,1-3H3,(H2,12,13,14,15,16);1H3;;1-4H/q;;+1;/p-1. The molecular formula is C11H24N3NaO6Si. The Morgan fingerprint density at radius 1 is 1.32 bits per heavy atom. The first-order chi connectivity index (χ1) is 9.22. The third-order valence-corrected chi connectivity index (χ3v) is 3.33. The van der Waals surface area contributed by atoms with Crippen LogP contribution in [0.2, 0.25) is 0 Å². The number of amidine groups is 1. The Balaban J connectivity index is -0.000000538. The minimum atomic E-state index is -3.14. The molecule has 0 fully saturated rings. The van der Waals surface area contributed by atoms with Gasteiger partial charge in [-0.05, 0) is 18.8 Å². The molecule has 0 aromatic heterocycles. The van der Waals surface area contributed by atoms with E-state index in [0.29, 0.717) is 6.42 Å². The van der Waals surface area contributed by atoms with Crippen LogP contribution in [0.5, 0.6) is 0 Å². The second kappa shape index (κ2) is 12.1. The van der Waals surface area contributed by atoms with E-state index in [9.17, 15) is 14.7 Å². The fraction of sp³-hybridized carbons (Fsp3) is 0.727. The number of nitrogens with zero attached hydrogens (tertiary/aromatic N) is 1. The number of hydrogen-bond donors (Lipinski definition) is 5. The topological polar surface area (TPSA) is 177 Å². The molecule has 1 aliphatic rings. The van der Waals surface area contributed by atoms with E-state index in [1.54, 1.807) is 6.92 Å². The van der Waals surface area contributed by atoms with Crippen LogP contribution in [-0.2, 0) is 9.59 Å². The van der Waals surface area contributed by atoms with Crippen molar-refractivity contribution in [2.24, 2.45) is 16.3 Å². The van der Waals surface area contributed by atoms with Gasteiger partial charge in [0.15, 0.2) is 0 Å². The summed E-state index contributed by atoms with van der Waals surface area (Å²) in [6, 6.07) is -0.845. The van der Waals surface area contributed by atoms with Gasteiger partial charge in [0.25, 0.3) is 5.91 Å². The first-order valence-electron chi connectivity index (χ1n) is 6.38. The molecular weight excluding hydrogens is 321 g/mol. The van der Waals surface area contributed by atoms with Gasteiger partial charge in [0.05, 0.1) is 6.02 Å². The van der Waals surface area contributed by atoms with Gasteiger partial charge in [-0.3, -0.25) is 9.59 Å². The normalized spacial score (nSPS) is 21.5. The van der Waals surface area contributed by atoms with Gasteiger partial charge in [-0.2, -0.15) is 0 Å². The first kappa shape index (κ1) is 26.6. The Morgan fingerprint density at radius 2 is 1.77 bits per heavy atom. The predicted molar refractivity (Wildman–Crippen MR) is 76.2 cm³/mol. The zero-order valence-electron chi connectivity index (χ0n) is 13.5. The summed E-state index contributed by atoms with van der Waals surface area (Å²) in [6.07, 6.45) is 2.02. The third kappa shape index (κ3) is 6.83. The molecule has 7 N–H and O–H groups in total. The molecule has 0 radical (unpaired) electrons. The van der Waals surface area contributed by atoms with E-state index in [4.69, 9.17) is 14.4 Å². The van der Waals surface area contributed by atoms with Crippen molar-refractivity contribution in [3.8, 4) is 0 Å². The summed E-state index contributed by atoms with van der Waals surface area (Å²) in [5, 5.41) is 13.1. The molecule has 0 spiro atoms. The summed E-state index contributed by atoms with van der Waals surface area (Å²) in [5.74, 6) is -1.20. The Hall–Kier alpha value is -0.333. The zero-order chi connectivity index (χ0) is 15.9. The number of carbonyl (C=O) groups is 2. The quantitative estimate of drug-likeness (QED) is 0.250. The van der Waals surface area contributed by atoms with E-state index >= 15 is 0 Å². The minimum absolute atomic E-state index is 0. The second-order valence-electron chi connectivity index (χ2n) is 4.54. The van der Waals surface area contributed by atoms with Crippen molar-refractivity contribution in [1.82, 2.24) is 11.5 Å². The number of carbonyl (C=O) groups excluding carboxylic acids is 2. The van der Waals surface area contributed by atoms with Gasteiger partial charge in [-0.25, -0.2) is 4.99 Å². The summed E-state index contributed by atoms with van der Waals surface area (Å²) in [6.45, 7) is 5.62. The van der Waals surface area contributed by atoms with Crippen molar-refractivity contribution in [2.45, 2.75) is 40.0 Å². The van der Waals surface area contributed by atoms with Gasteiger partial charge in [0, 0.05) is 0 Å². The van der Waals surface area contributed by atoms with Crippen LogP contribution in [0.3, 0.4) is 0 Å². The van der Waals surface area contributed by atoms with E-state index in [0.717, 1.165) is 12.8 Å². The summed E-state index contributed by atoms with van der Waals surface area (Å²) in [5.41, 5.74) is -1.15. The maximum Gasteiger partial charge on any atom is 1.00 e. The molecule has 0 saturated carbocycles. The van der Waals surface area contributed by atoms with Gasteiger partial charge in [-0.1, -0.05) is 27.2 Å². The zero-order valence-corrected chi connectivity index (χ0v) is 16.7. The first-order valence-corrected chi connectivity index (χ1v) is 7.93. The fourth-order valence-corrected chi connectivity index (χ4v) is 2.30. The minimum Gasteiger partial charge on any atom is -0.846 e. The molecule has 0 aromatic rings. The Labute approximate surface area is 153 Å². The molecule has 22 heavy (non-hydrogen) atoms. The number of hydrogen-bond acceptors (Lipinski definition) is 7. The van der Waals surface area contributed by atoms with Crippen LogP contribution in [0.15, 0.2) is 4.99 Å². The number of amides is 2. The molecule has 2 amide bonds. The maximum atomic E-state index is 11.9. The van der Waals surface area contributed by atoms with Gasteiger partial charge < -0.3 is 31.0 Å². The van der Waals surface area contributed by atoms with E-state index in [-0.39, 0.29) is 41.6 Å². The van der Waals surface area contributed by atoms with Crippen molar-refractivity contribution < 1.29 is 58.6 Å². The molecule has 1 rings (SSSR count). The number of nitrogens with one attached hydrogen (secondary N) is 1. The van der Waals surface area contributed by atoms with Crippen molar-refractivity contribution in [1.29, 1.82) is 0 Å². The monoisotopic (exact) mass is 345 g/mol. The Bertz CT molecular complexity index is 393. The Morgan fingerprint density at radius 3 is 2.09 bits per heavy atom. The Kier molecular flexibility index (Phi) is 14.6. The van der Waals surface area contributed by atoms with Crippen molar-refractivity contribution in [2.75, 3.05) is 0 Å². The largest absolute Gasteiger partial charge is 1.00 e. The van der Waals surface area contributed by atoms with Gasteiger partial charge in [0.2, 0.25) is 5.91 Å². The fourth-order valence-electron chi connectivity index (χ4n) is 2.30. The molecule has 9 nitrogen and oxygen atoms in total. The molecule has 0 aromatic carbocycles. The van der Waals surface area contributed by atoms with E-state index in [1.165, 1.54) is 0 Å². The smallest absolute Gasteiger partial charge is 0.846 e. The molecule has 2 atom stereocenters. The molecule has 2 unspecified atom stereocenters. The molecule has 0 aliphatic carbocycles. The summed E-state index contributed by atoms with van der Waals surface area (Å²) >= 11 is 0. The van der Waals surface area contributed by atoms with Crippen molar-refractivity contribution in [3.63, 3.8) is 0 Å². The molecule has 1 aliphatic heterocycles. The summed E-state index contributed by atoms with van der Waals surface area (Å²) < 4.78 is 0. The SMILES string of the molecule is CCCC(C)C1(CC)C(=O)N=C([O-])NC1=O.N.O[SiH](O)O.[Na+]. The van der Waals surface area contributed by atoms with E-state index in [1.807, 2.05) is 13.8 Å². The average molecular weight is 345 g/mol. The predicted octanol–water partition coefficient (Wildman–Crippen LogP) is -4.96. The average Bonchev–Trinajstić information content (AvgIpc) is 2.28. The van der Waals surface area contributed by atoms with E-state index in [2.05, 4.69) is 10.3 Å². The van der Waals surface area contributed by atoms with Gasteiger partial charge in [0.1, 0.15) is 5.41 Å².